The number of carbonyl (C=O) groups excluding carboxylic acids is 1. The molecular weight excluding hydrogens is 152 g/mol. The highest BCUT2D eigenvalue weighted by Crippen LogP contribution is 2.05. The minimum Gasteiger partial charge on any atom is -0.374 e. The van der Waals surface area contributed by atoms with E-state index in [0.29, 0.717) is 12.8 Å². The molecule has 0 N–H and O–H groups in total. The van der Waals surface area contributed by atoms with Crippen LogP contribution < -0.4 is 0 Å². The molecular formula is C10H16O2. The average Bonchev–Trinajstić information content (AvgIpc) is 2.10. The lowest BCUT2D eigenvalue weighted by Gasteiger charge is -2.11. The van der Waals surface area contributed by atoms with Crippen LogP contribution in [-0.2, 0) is 9.53 Å². The molecule has 0 aromatic rings. The van der Waals surface area contributed by atoms with Crippen LogP contribution in [0.4, 0.5) is 0 Å². The van der Waals surface area contributed by atoms with Gasteiger partial charge in [0.25, 0.3) is 0 Å². The molecule has 0 spiro atoms. The van der Waals surface area contributed by atoms with Gasteiger partial charge in [-0.05, 0) is 6.42 Å². The van der Waals surface area contributed by atoms with Crippen molar-refractivity contribution in [2.45, 2.75) is 38.7 Å². The van der Waals surface area contributed by atoms with Crippen LogP contribution in [0, 0.1) is 12.3 Å². The van der Waals surface area contributed by atoms with E-state index >= 15 is 0 Å². The highest BCUT2D eigenvalue weighted by atomic mass is 16.5. The Labute approximate surface area is 74.3 Å². The summed E-state index contributed by atoms with van der Waals surface area (Å²) in [6.45, 7) is 2.03. The molecule has 0 aromatic heterocycles. The summed E-state index contributed by atoms with van der Waals surface area (Å²) in [5.74, 6) is 2.57. The Balaban J connectivity index is 3.78. The lowest BCUT2D eigenvalue weighted by Crippen LogP contribution is -2.22. The molecule has 0 aliphatic carbocycles. The van der Waals surface area contributed by atoms with Gasteiger partial charge in [-0.1, -0.05) is 13.3 Å². The van der Waals surface area contributed by atoms with Gasteiger partial charge >= 0.3 is 0 Å². The molecule has 0 saturated carbocycles. The number of hydrogen-bond acceptors (Lipinski definition) is 2. The fraction of sp³-hybridized carbons (Fsp3) is 0.700. The topological polar surface area (TPSA) is 26.3 Å². The largest absolute Gasteiger partial charge is 0.374 e. The first-order valence-electron chi connectivity index (χ1n) is 4.25. The van der Waals surface area contributed by atoms with Crippen molar-refractivity contribution in [2.24, 2.45) is 0 Å². The number of carbonyl (C=O) groups is 1. The molecule has 1 unspecified atom stereocenters. The first-order valence-corrected chi connectivity index (χ1v) is 4.25. The molecule has 0 saturated heterocycles. The third-order valence-electron chi connectivity index (χ3n) is 1.71. The average molecular weight is 168 g/mol. The molecule has 68 valence electrons. The number of Topliss-reactive ketones (excluding diaryl/α,β-unsaturated/α-hetero) is 1. The number of rotatable bonds is 6. The van der Waals surface area contributed by atoms with Gasteiger partial charge in [0.2, 0.25) is 0 Å². The van der Waals surface area contributed by atoms with Crippen LogP contribution in [0.2, 0.25) is 0 Å². The van der Waals surface area contributed by atoms with Crippen LogP contribution >= 0.6 is 0 Å². The van der Waals surface area contributed by atoms with Crippen LogP contribution in [0.1, 0.15) is 32.6 Å². The van der Waals surface area contributed by atoms with E-state index in [1.807, 2.05) is 6.92 Å². The normalized spacial score (nSPS) is 12.1. The van der Waals surface area contributed by atoms with Crippen LogP contribution in [0.15, 0.2) is 0 Å². The van der Waals surface area contributed by atoms with Gasteiger partial charge in [-0.2, -0.15) is 0 Å². The zero-order valence-corrected chi connectivity index (χ0v) is 7.80. The minimum atomic E-state index is -0.247. The van der Waals surface area contributed by atoms with Gasteiger partial charge in [-0.3, -0.25) is 4.79 Å². The summed E-state index contributed by atoms with van der Waals surface area (Å²) in [5, 5.41) is 0. The third-order valence-corrected chi connectivity index (χ3v) is 1.71. The number of ether oxygens (including phenoxy) is 1. The van der Waals surface area contributed by atoms with Crippen LogP contribution in [0.25, 0.3) is 0 Å². The lowest BCUT2D eigenvalue weighted by atomic mass is 10.1. The van der Waals surface area contributed by atoms with Crippen molar-refractivity contribution in [2.75, 3.05) is 7.11 Å². The molecule has 0 rings (SSSR count). The molecule has 0 aliphatic heterocycles. The van der Waals surface area contributed by atoms with Crippen molar-refractivity contribution in [3.05, 3.63) is 0 Å². The molecule has 1 atom stereocenters. The Hall–Kier alpha value is -0.810. The van der Waals surface area contributed by atoms with E-state index in [1.165, 1.54) is 0 Å². The monoisotopic (exact) mass is 168 g/mol. The highest BCUT2D eigenvalue weighted by molar-refractivity contribution is 5.83. The molecule has 0 aromatic carbocycles. The fourth-order valence-electron chi connectivity index (χ4n) is 1.03. The summed E-state index contributed by atoms with van der Waals surface area (Å²) in [6, 6.07) is 0. The van der Waals surface area contributed by atoms with E-state index < -0.39 is 0 Å². The van der Waals surface area contributed by atoms with Crippen molar-refractivity contribution in [3.8, 4) is 12.3 Å². The molecule has 2 nitrogen and oxygen atoms in total. The number of terminal acetylenes is 1. The predicted octanol–water partition coefficient (Wildman–Crippen LogP) is 1.78. The number of methoxy groups -OCH3 is 1. The lowest BCUT2D eigenvalue weighted by molar-refractivity contribution is -0.129. The minimum absolute atomic E-state index is 0.123. The maximum absolute atomic E-state index is 11.3. The molecule has 0 aliphatic rings. The van der Waals surface area contributed by atoms with E-state index in [4.69, 9.17) is 11.2 Å². The Morgan fingerprint density at radius 3 is 2.75 bits per heavy atom. The quantitative estimate of drug-likeness (QED) is 0.565. The molecule has 2 heteroatoms. The van der Waals surface area contributed by atoms with Crippen molar-refractivity contribution >= 4 is 5.78 Å². The SMILES string of the molecule is C#CCCC(=O)C(CCC)OC. The van der Waals surface area contributed by atoms with E-state index in [9.17, 15) is 4.79 Å². The second kappa shape index (κ2) is 6.87. The van der Waals surface area contributed by atoms with Gasteiger partial charge < -0.3 is 4.74 Å². The van der Waals surface area contributed by atoms with Crippen molar-refractivity contribution in [1.82, 2.24) is 0 Å². The van der Waals surface area contributed by atoms with Crippen LogP contribution in [0.3, 0.4) is 0 Å². The first kappa shape index (κ1) is 11.2. The highest BCUT2D eigenvalue weighted by Gasteiger charge is 2.14. The fourth-order valence-corrected chi connectivity index (χ4v) is 1.03. The summed E-state index contributed by atoms with van der Waals surface area (Å²) < 4.78 is 5.03. The summed E-state index contributed by atoms with van der Waals surface area (Å²) in [5.41, 5.74) is 0. The van der Waals surface area contributed by atoms with Crippen LogP contribution in [-0.4, -0.2) is 19.0 Å². The molecule has 0 fully saturated rings. The van der Waals surface area contributed by atoms with E-state index in [2.05, 4.69) is 5.92 Å². The second-order valence-electron chi connectivity index (χ2n) is 2.68. The van der Waals surface area contributed by atoms with Crippen molar-refractivity contribution < 1.29 is 9.53 Å². The summed E-state index contributed by atoms with van der Waals surface area (Å²) in [4.78, 5) is 11.3. The van der Waals surface area contributed by atoms with Crippen molar-refractivity contribution in [1.29, 1.82) is 0 Å². The second-order valence-corrected chi connectivity index (χ2v) is 2.68. The maximum atomic E-state index is 11.3. The van der Waals surface area contributed by atoms with Gasteiger partial charge in [0.15, 0.2) is 5.78 Å². The number of hydrogen-bond donors (Lipinski definition) is 0. The Morgan fingerprint density at radius 1 is 1.67 bits per heavy atom. The first-order chi connectivity index (χ1) is 5.76. The summed E-state index contributed by atoms with van der Waals surface area (Å²) in [6.07, 6.45) is 7.51. The van der Waals surface area contributed by atoms with Crippen LogP contribution in [0.5, 0.6) is 0 Å². The van der Waals surface area contributed by atoms with Crippen molar-refractivity contribution in [3.63, 3.8) is 0 Å². The predicted molar refractivity (Wildman–Crippen MR) is 48.8 cm³/mol. The van der Waals surface area contributed by atoms with E-state index in [1.54, 1.807) is 7.11 Å². The number of ketones is 1. The van der Waals surface area contributed by atoms with Gasteiger partial charge in [0.05, 0.1) is 0 Å². The zero-order valence-electron chi connectivity index (χ0n) is 7.80. The van der Waals surface area contributed by atoms with Gasteiger partial charge in [-0.25, -0.2) is 0 Å². The van der Waals surface area contributed by atoms with Gasteiger partial charge in [0.1, 0.15) is 6.10 Å². The molecule has 0 radical (unpaired) electrons. The molecule has 12 heavy (non-hydrogen) atoms. The zero-order chi connectivity index (χ0) is 9.40. The molecule has 0 heterocycles. The Kier molecular flexibility index (Phi) is 6.41. The summed E-state index contributed by atoms with van der Waals surface area (Å²) >= 11 is 0. The molecule has 0 bridgehead atoms. The molecule has 0 amide bonds. The van der Waals surface area contributed by atoms with E-state index in [0.717, 1.165) is 12.8 Å². The summed E-state index contributed by atoms with van der Waals surface area (Å²) in [7, 11) is 1.56. The smallest absolute Gasteiger partial charge is 0.162 e. The maximum Gasteiger partial charge on any atom is 0.162 e. The Morgan fingerprint density at radius 2 is 2.33 bits per heavy atom. The van der Waals surface area contributed by atoms with E-state index in [-0.39, 0.29) is 11.9 Å². The van der Waals surface area contributed by atoms with Gasteiger partial charge in [0, 0.05) is 20.0 Å². The third kappa shape index (κ3) is 4.15. The van der Waals surface area contributed by atoms with Gasteiger partial charge in [-0.15, -0.1) is 12.3 Å². The Bertz CT molecular complexity index is 167. The standard InChI is InChI=1S/C10H16O2/c1-4-6-8-9(11)10(12-3)7-5-2/h1,10H,5-8H2,2-3H3.